The van der Waals surface area contributed by atoms with Crippen LogP contribution in [0.2, 0.25) is 0 Å². The molecule has 0 bridgehead atoms. The third kappa shape index (κ3) is 1.74. The number of aryl methyl sites for hydroxylation is 2. The van der Waals surface area contributed by atoms with Crippen molar-refractivity contribution >= 4 is 5.57 Å². The van der Waals surface area contributed by atoms with E-state index in [1.54, 1.807) is 0 Å². The molecule has 1 unspecified atom stereocenters. The van der Waals surface area contributed by atoms with Gasteiger partial charge in [-0.1, -0.05) is 13.5 Å². The Balaban J connectivity index is 2.26. The molecule has 14 heavy (non-hydrogen) atoms. The maximum Gasteiger partial charge on any atom is 0.109 e. The molecule has 0 saturated heterocycles. The van der Waals surface area contributed by atoms with Crippen molar-refractivity contribution in [3.63, 3.8) is 0 Å². The smallest absolute Gasteiger partial charge is 0.109 e. The van der Waals surface area contributed by atoms with Crippen molar-refractivity contribution in [2.24, 2.45) is 5.92 Å². The summed E-state index contributed by atoms with van der Waals surface area (Å²) < 4.78 is 2.30. The highest BCUT2D eigenvalue weighted by atomic mass is 15.1. The highest BCUT2D eigenvalue weighted by Crippen LogP contribution is 2.21. The first-order chi connectivity index (χ1) is 6.66. The van der Waals surface area contributed by atoms with Gasteiger partial charge in [-0.15, -0.1) is 0 Å². The molecule has 0 saturated carbocycles. The summed E-state index contributed by atoms with van der Waals surface area (Å²) in [6.45, 7) is 9.40. The third-order valence-corrected chi connectivity index (χ3v) is 3.02. The van der Waals surface area contributed by atoms with E-state index >= 15 is 0 Å². The number of allylic oxidation sites excluding steroid dienone is 1. The lowest BCUT2D eigenvalue weighted by Crippen LogP contribution is -1.99. The fraction of sp³-hybridized carbons (Fsp3) is 0.583. The normalized spacial score (nSPS) is 21.4. The fourth-order valence-electron chi connectivity index (χ4n) is 1.93. The molecular weight excluding hydrogens is 172 g/mol. The van der Waals surface area contributed by atoms with Gasteiger partial charge >= 0.3 is 0 Å². The predicted molar refractivity (Wildman–Crippen MR) is 59.0 cm³/mol. The van der Waals surface area contributed by atoms with E-state index < -0.39 is 0 Å². The molecule has 1 aliphatic heterocycles. The molecule has 2 nitrogen and oxygen atoms in total. The molecule has 2 heterocycles. The molecular formula is C12H18N2. The number of hydrogen-bond donors (Lipinski definition) is 0. The second-order valence-electron chi connectivity index (χ2n) is 4.45. The Morgan fingerprint density at radius 2 is 2.36 bits per heavy atom. The summed E-state index contributed by atoms with van der Waals surface area (Å²) in [5.74, 6) is 2.08. The molecule has 0 aliphatic carbocycles. The molecule has 0 aromatic carbocycles. The van der Waals surface area contributed by atoms with Gasteiger partial charge in [-0.3, -0.25) is 0 Å². The van der Waals surface area contributed by atoms with Crippen LogP contribution in [0.5, 0.6) is 0 Å². The van der Waals surface area contributed by atoms with Gasteiger partial charge in [0, 0.05) is 19.2 Å². The van der Waals surface area contributed by atoms with E-state index in [0.29, 0.717) is 0 Å². The van der Waals surface area contributed by atoms with Crippen molar-refractivity contribution in [2.45, 2.75) is 39.7 Å². The molecule has 0 N–H and O–H groups in total. The maximum absolute atomic E-state index is 4.61. The lowest BCUT2D eigenvalue weighted by atomic mass is 10.0. The van der Waals surface area contributed by atoms with Crippen LogP contribution >= 0.6 is 0 Å². The van der Waals surface area contributed by atoms with Gasteiger partial charge in [0.15, 0.2) is 0 Å². The Hall–Kier alpha value is -1.05. The van der Waals surface area contributed by atoms with Gasteiger partial charge in [-0.25, -0.2) is 4.98 Å². The lowest BCUT2D eigenvalue weighted by Gasteiger charge is -2.04. The first-order valence-corrected chi connectivity index (χ1v) is 5.38. The van der Waals surface area contributed by atoms with Crippen LogP contribution in [0.15, 0.2) is 12.8 Å². The van der Waals surface area contributed by atoms with Crippen molar-refractivity contribution in [1.82, 2.24) is 9.55 Å². The summed E-state index contributed by atoms with van der Waals surface area (Å²) in [6, 6.07) is 0. The number of hydrogen-bond acceptors (Lipinski definition) is 1. The van der Waals surface area contributed by atoms with Crippen LogP contribution < -0.4 is 0 Å². The quantitative estimate of drug-likeness (QED) is 0.665. The molecule has 0 radical (unpaired) electrons. The van der Waals surface area contributed by atoms with Crippen LogP contribution in [0.3, 0.4) is 0 Å². The van der Waals surface area contributed by atoms with Crippen molar-refractivity contribution < 1.29 is 0 Å². The van der Waals surface area contributed by atoms with Crippen LogP contribution in [0.4, 0.5) is 0 Å². The van der Waals surface area contributed by atoms with E-state index in [4.69, 9.17) is 0 Å². The maximum atomic E-state index is 4.61. The molecule has 0 spiro atoms. The van der Waals surface area contributed by atoms with Crippen molar-refractivity contribution in [1.29, 1.82) is 0 Å². The van der Waals surface area contributed by atoms with E-state index in [0.717, 1.165) is 30.2 Å². The zero-order chi connectivity index (χ0) is 10.1. The molecule has 1 aromatic heterocycles. The number of nitrogens with zero attached hydrogens (tertiary/aromatic N) is 2. The first-order valence-electron chi connectivity index (χ1n) is 5.38. The van der Waals surface area contributed by atoms with Gasteiger partial charge in [0.25, 0.3) is 0 Å². The monoisotopic (exact) mass is 190 g/mol. The van der Waals surface area contributed by atoms with Crippen molar-refractivity contribution in [3.05, 3.63) is 24.3 Å². The van der Waals surface area contributed by atoms with E-state index in [1.165, 1.54) is 18.7 Å². The van der Waals surface area contributed by atoms with Crippen LogP contribution in [0.1, 0.15) is 38.2 Å². The Morgan fingerprint density at radius 1 is 1.57 bits per heavy atom. The van der Waals surface area contributed by atoms with Gasteiger partial charge in [-0.05, 0) is 31.3 Å². The Labute approximate surface area is 85.7 Å². The van der Waals surface area contributed by atoms with E-state index in [-0.39, 0.29) is 0 Å². The molecule has 1 aliphatic rings. The summed E-state index contributed by atoms with van der Waals surface area (Å²) in [5.41, 5.74) is 2.13. The minimum absolute atomic E-state index is 0.838. The fourth-order valence-corrected chi connectivity index (χ4v) is 1.93. The molecule has 1 aromatic rings. The van der Waals surface area contributed by atoms with Crippen LogP contribution in [-0.4, -0.2) is 9.55 Å². The van der Waals surface area contributed by atoms with E-state index in [2.05, 4.69) is 29.3 Å². The summed E-state index contributed by atoms with van der Waals surface area (Å²) >= 11 is 0. The van der Waals surface area contributed by atoms with Gasteiger partial charge in [0.05, 0.1) is 5.69 Å². The largest absolute Gasteiger partial charge is 0.334 e. The third-order valence-electron chi connectivity index (χ3n) is 3.02. The average Bonchev–Trinajstić information content (AvgIpc) is 2.48. The summed E-state index contributed by atoms with van der Waals surface area (Å²) in [4.78, 5) is 4.61. The SMILES string of the molecule is C=C(C)c1cn2c(n1)CCC(C)CC2. The highest BCUT2D eigenvalue weighted by Gasteiger charge is 2.14. The Bertz CT molecular complexity index is 324. The molecule has 1 atom stereocenters. The Kier molecular flexibility index (Phi) is 2.44. The standard InChI is InChI=1S/C12H18N2/c1-9(2)11-8-14-7-6-10(3)4-5-12(14)13-11/h8,10H,1,4-7H2,2-3H3. The van der Waals surface area contributed by atoms with Gasteiger partial charge in [0.2, 0.25) is 0 Å². The number of rotatable bonds is 1. The number of aromatic nitrogens is 2. The second kappa shape index (κ2) is 3.60. The minimum atomic E-state index is 0.838. The molecule has 2 rings (SSSR count). The zero-order valence-electron chi connectivity index (χ0n) is 9.08. The minimum Gasteiger partial charge on any atom is -0.334 e. The van der Waals surface area contributed by atoms with Gasteiger partial charge < -0.3 is 4.57 Å². The number of fused-ring (bicyclic) bond motifs is 1. The van der Waals surface area contributed by atoms with Crippen molar-refractivity contribution in [2.75, 3.05) is 0 Å². The topological polar surface area (TPSA) is 17.8 Å². The highest BCUT2D eigenvalue weighted by molar-refractivity contribution is 5.57. The second-order valence-corrected chi connectivity index (χ2v) is 4.45. The van der Waals surface area contributed by atoms with Crippen molar-refractivity contribution in [3.8, 4) is 0 Å². The zero-order valence-corrected chi connectivity index (χ0v) is 9.08. The predicted octanol–water partition coefficient (Wildman–Crippen LogP) is 2.89. The summed E-state index contributed by atoms with van der Waals surface area (Å²) in [6.07, 6.45) is 5.82. The summed E-state index contributed by atoms with van der Waals surface area (Å²) in [7, 11) is 0. The van der Waals surface area contributed by atoms with Crippen LogP contribution in [0.25, 0.3) is 5.57 Å². The van der Waals surface area contributed by atoms with Crippen LogP contribution in [0, 0.1) is 5.92 Å². The molecule has 2 heteroatoms. The molecule has 0 amide bonds. The summed E-state index contributed by atoms with van der Waals surface area (Å²) in [5, 5.41) is 0. The number of imidazole rings is 1. The Morgan fingerprint density at radius 3 is 3.07 bits per heavy atom. The van der Waals surface area contributed by atoms with Crippen LogP contribution in [-0.2, 0) is 13.0 Å². The molecule has 0 fully saturated rings. The average molecular weight is 190 g/mol. The van der Waals surface area contributed by atoms with Gasteiger partial charge in [0.1, 0.15) is 5.82 Å². The lowest BCUT2D eigenvalue weighted by molar-refractivity contribution is 0.486. The van der Waals surface area contributed by atoms with Gasteiger partial charge in [-0.2, -0.15) is 0 Å². The van der Waals surface area contributed by atoms with E-state index in [9.17, 15) is 0 Å². The first kappa shape index (κ1) is 9.50. The van der Waals surface area contributed by atoms with E-state index in [1.807, 2.05) is 6.92 Å². The molecule has 76 valence electrons.